The van der Waals surface area contributed by atoms with Crippen LogP contribution < -0.4 is 9.47 Å². The molecule has 8 heteroatoms. The van der Waals surface area contributed by atoms with Crippen LogP contribution in [0.3, 0.4) is 0 Å². The summed E-state index contributed by atoms with van der Waals surface area (Å²) in [5.41, 5.74) is 2.30. The monoisotopic (exact) mass is 371 g/mol. The van der Waals surface area contributed by atoms with Gasteiger partial charge in [0.25, 0.3) is 0 Å². The van der Waals surface area contributed by atoms with Gasteiger partial charge in [0.15, 0.2) is 17.3 Å². The van der Waals surface area contributed by atoms with Gasteiger partial charge in [-0.15, -0.1) is 5.10 Å². The molecule has 1 aromatic carbocycles. The van der Waals surface area contributed by atoms with Gasteiger partial charge in [-0.2, -0.15) is 0 Å². The summed E-state index contributed by atoms with van der Waals surface area (Å²) < 4.78 is 12.5. The van der Waals surface area contributed by atoms with Crippen LogP contribution in [0.15, 0.2) is 12.1 Å². The molecule has 2 aliphatic rings. The minimum atomic E-state index is 0.0435. The second kappa shape index (κ2) is 7.54. The average molecular weight is 371 g/mol. The first-order valence-corrected chi connectivity index (χ1v) is 9.47. The first kappa shape index (κ1) is 17.8. The molecule has 4 rings (SSSR count). The molecule has 0 saturated heterocycles. The number of amides is 1. The normalized spacial score (nSPS) is 17.0. The summed E-state index contributed by atoms with van der Waals surface area (Å²) in [5, 5.41) is 12.0. The lowest BCUT2D eigenvalue weighted by Gasteiger charge is -2.29. The van der Waals surface area contributed by atoms with E-state index in [2.05, 4.69) is 15.5 Å². The lowest BCUT2D eigenvalue weighted by Crippen LogP contribution is -2.38. The van der Waals surface area contributed by atoms with Gasteiger partial charge < -0.3 is 14.4 Å². The summed E-state index contributed by atoms with van der Waals surface area (Å²) >= 11 is 0. The van der Waals surface area contributed by atoms with Crippen molar-refractivity contribution in [1.82, 2.24) is 25.1 Å². The van der Waals surface area contributed by atoms with E-state index in [9.17, 15) is 4.79 Å². The molecule has 0 bridgehead atoms. The van der Waals surface area contributed by atoms with Gasteiger partial charge in [-0.25, -0.2) is 4.68 Å². The van der Waals surface area contributed by atoms with Crippen LogP contribution in [-0.4, -0.2) is 51.8 Å². The van der Waals surface area contributed by atoms with Crippen molar-refractivity contribution in [3.05, 3.63) is 29.1 Å². The Labute approximate surface area is 158 Å². The minimum Gasteiger partial charge on any atom is -0.493 e. The molecule has 0 N–H and O–H groups in total. The Morgan fingerprint density at radius 1 is 1.15 bits per heavy atom. The fourth-order valence-corrected chi connectivity index (χ4v) is 4.12. The van der Waals surface area contributed by atoms with E-state index < -0.39 is 0 Å². The quantitative estimate of drug-likeness (QED) is 0.799. The molecule has 1 fully saturated rings. The van der Waals surface area contributed by atoms with Crippen molar-refractivity contribution in [2.24, 2.45) is 0 Å². The Morgan fingerprint density at radius 2 is 1.85 bits per heavy atom. The lowest BCUT2D eigenvalue weighted by atomic mass is 9.98. The van der Waals surface area contributed by atoms with Crippen LogP contribution in [0.25, 0.3) is 0 Å². The molecule has 27 heavy (non-hydrogen) atoms. The predicted octanol–water partition coefficient (Wildman–Crippen LogP) is 1.93. The van der Waals surface area contributed by atoms with Gasteiger partial charge in [0.1, 0.15) is 6.54 Å². The van der Waals surface area contributed by atoms with Gasteiger partial charge >= 0.3 is 0 Å². The summed E-state index contributed by atoms with van der Waals surface area (Å²) in [6.45, 7) is 1.44. The third-order valence-electron chi connectivity index (χ3n) is 5.64. The molecule has 0 radical (unpaired) electrons. The van der Waals surface area contributed by atoms with Gasteiger partial charge in [0.2, 0.25) is 5.91 Å². The van der Waals surface area contributed by atoms with Crippen LogP contribution in [0.1, 0.15) is 48.6 Å². The summed E-state index contributed by atoms with van der Waals surface area (Å²) in [4.78, 5) is 14.7. The zero-order valence-corrected chi connectivity index (χ0v) is 15.8. The molecule has 1 amide bonds. The van der Waals surface area contributed by atoms with Gasteiger partial charge in [0, 0.05) is 19.0 Å². The fourth-order valence-electron chi connectivity index (χ4n) is 4.12. The highest BCUT2D eigenvalue weighted by atomic mass is 16.5. The number of hydrogen-bond acceptors (Lipinski definition) is 6. The average Bonchev–Trinajstić information content (AvgIpc) is 3.37. The molecule has 1 aliphatic heterocycles. The smallest absolute Gasteiger partial charge is 0.244 e. The summed E-state index contributed by atoms with van der Waals surface area (Å²) in [6.07, 6.45) is 5.42. The van der Waals surface area contributed by atoms with E-state index >= 15 is 0 Å². The molecule has 0 atom stereocenters. The number of methoxy groups -OCH3 is 2. The molecule has 1 saturated carbocycles. The Bertz CT molecular complexity index is 829. The number of nitrogens with zero attached hydrogens (tertiary/aromatic N) is 5. The largest absolute Gasteiger partial charge is 0.493 e. The molecule has 144 valence electrons. The lowest BCUT2D eigenvalue weighted by molar-refractivity contribution is -0.133. The van der Waals surface area contributed by atoms with E-state index in [0.29, 0.717) is 24.8 Å². The topological polar surface area (TPSA) is 82.4 Å². The zero-order valence-electron chi connectivity index (χ0n) is 15.8. The standard InChI is InChI=1S/C19H25N5O3/c1-26-16-9-14-7-8-23(11-15(14)10-17(16)27-2)18(25)12-24-19(20-21-22-24)13-5-3-4-6-13/h9-10,13H,3-8,11-12H2,1-2H3. The number of carbonyl (C=O) groups excluding carboxylic acids is 1. The molecular weight excluding hydrogens is 346 g/mol. The van der Waals surface area contributed by atoms with E-state index in [1.54, 1.807) is 18.9 Å². The number of hydrogen-bond donors (Lipinski definition) is 0. The molecule has 1 aromatic heterocycles. The highest BCUT2D eigenvalue weighted by molar-refractivity contribution is 5.76. The number of carbonyl (C=O) groups is 1. The number of ether oxygens (including phenoxy) is 2. The van der Waals surface area contributed by atoms with E-state index in [-0.39, 0.29) is 12.5 Å². The molecule has 1 aliphatic carbocycles. The third kappa shape index (κ3) is 3.48. The van der Waals surface area contributed by atoms with E-state index in [1.807, 2.05) is 17.0 Å². The Kier molecular flexibility index (Phi) is 4.96. The Balaban J connectivity index is 1.48. The SMILES string of the molecule is COc1cc2c(cc1OC)CN(C(=O)Cn1nnnc1C1CCCC1)CC2. The number of rotatable bonds is 5. The molecular formula is C19H25N5O3. The van der Waals surface area contributed by atoms with Crippen LogP contribution in [0.5, 0.6) is 11.5 Å². The van der Waals surface area contributed by atoms with Crippen molar-refractivity contribution in [1.29, 1.82) is 0 Å². The minimum absolute atomic E-state index is 0.0435. The highest BCUT2D eigenvalue weighted by Gasteiger charge is 2.27. The first-order chi connectivity index (χ1) is 13.2. The van der Waals surface area contributed by atoms with E-state index in [0.717, 1.165) is 36.4 Å². The molecule has 0 unspecified atom stereocenters. The summed E-state index contributed by atoms with van der Waals surface area (Å²) in [5.74, 6) is 2.69. The second-order valence-electron chi connectivity index (χ2n) is 7.22. The summed E-state index contributed by atoms with van der Waals surface area (Å²) in [7, 11) is 3.26. The van der Waals surface area contributed by atoms with Crippen LogP contribution in [0, 0.1) is 0 Å². The van der Waals surface area contributed by atoms with Gasteiger partial charge in [0.05, 0.1) is 14.2 Å². The number of aromatic nitrogens is 4. The van der Waals surface area contributed by atoms with Crippen LogP contribution in [0.2, 0.25) is 0 Å². The van der Waals surface area contributed by atoms with E-state index in [4.69, 9.17) is 9.47 Å². The molecule has 2 heterocycles. The van der Waals surface area contributed by atoms with Crippen LogP contribution in [0.4, 0.5) is 0 Å². The summed E-state index contributed by atoms with van der Waals surface area (Å²) in [6, 6.07) is 3.98. The zero-order chi connectivity index (χ0) is 18.8. The van der Waals surface area contributed by atoms with E-state index in [1.165, 1.54) is 18.4 Å². The van der Waals surface area contributed by atoms with Crippen molar-refractivity contribution >= 4 is 5.91 Å². The van der Waals surface area contributed by atoms with Gasteiger partial charge in [-0.1, -0.05) is 12.8 Å². The Hall–Kier alpha value is -2.64. The van der Waals surface area contributed by atoms with Gasteiger partial charge in [-0.3, -0.25) is 4.79 Å². The fraction of sp³-hybridized carbons (Fsp3) is 0.579. The number of tetrazole rings is 1. The third-order valence-corrected chi connectivity index (χ3v) is 5.64. The van der Waals surface area contributed by atoms with Crippen molar-refractivity contribution in [3.63, 3.8) is 0 Å². The van der Waals surface area contributed by atoms with Crippen LogP contribution >= 0.6 is 0 Å². The van der Waals surface area contributed by atoms with Crippen molar-refractivity contribution < 1.29 is 14.3 Å². The first-order valence-electron chi connectivity index (χ1n) is 9.47. The van der Waals surface area contributed by atoms with Crippen LogP contribution in [-0.2, 0) is 24.3 Å². The number of benzene rings is 1. The van der Waals surface area contributed by atoms with Gasteiger partial charge in [-0.05, 0) is 52.9 Å². The molecule has 0 spiro atoms. The van der Waals surface area contributed by atoms with Crippen molar-refractivity contribution in [3.8, 4) is 11.5 Å². The maximum atomic E-state index is 12.9. The highest BCUT2D eigenvalue weighted by Crippen LogP contribution is 2.34. The predicted molar refractivity (Wildman–Crippen MR) is 97.7 cm³/mol. The maximum absolute atomic E-state index is 12.9. The second-order valence-corrected chi connectivity index (χ2v) is 7.22. The van der Waals surface area contributed by atoms with Crippen molar-refractivity contribution in [2.45, 2.75) is 51.1 Å². The van der Waals surface area contributed by atoms with Crippen molar-refractivity contribution in [2.75, 3.05) is 20.8 Å². The maximum Gasteiger partial charge on any atom is 0.244 e. The molecule has 8 nitrogen and oxygen atoms in total. The number of fused-ring (bicyclic) bond motifs is 1. The molecule has 2 aromatic rings. The Morgan fingerprint density at radius 3 is 2.56 bits per heavy atom.